The Hall–Kier alpha value is -1.42. The summed E-state index contributed by atoms with van der Waals surface area (Å²) in [5, 5.41) is 0. The molecule has 0 aliphatic heterocycles. The fraction of sp³-hybridized carbons (Fsp3) is 0.222. The van der Waals surface area contributed by atoms with Crippen LogP contribution in [0.15, 0.2) is 18.2 Å². The van der Waals surface area contributed by atoms with Gasteiger partial charge in [0.2, 0.25) is 0 Å². The Labute approximate surface area is 75.3 Å². The molecule has 0 saturated carbocycles. The summed E-state index contributed by atoms with van der Waals surface area (Å²) in [6.45, 7) is 1.47. The maximum Gasteiger partial charge on any atom is 0.308 e. The lowest BCUT2D eigenvalue weighted by molar-refractivity contribution is -0.131. The van der Waals surface area contributed by atoms with Crippen LogP contribution in [0.5, 0.6) is 5.75 Å². The summed E-state index contributed by atoms with van der Waals surface area (Å²) in [5.74, 6) is -0.749. The van der Waals surface area contributed by atoms with Crippen LogP contribution in [-0.4, -0.2) is 5.97 Å². The van der Waals surface area contributed by atoms with Crippen molar-refractivity contribution >= 4 is 5.97 Å². The highest BCUT2D eigenvalue weighted by molar-refractivity contribution is 5.69. The van der Waals surface area contributed by atoms with Crippen LogP contribution in [0.3, 0.4) is 0 Å². The van der Waals surface area contributed by atoms with Crippen molar-refractivity contribution in [3.63, 3.8) is 0 Å². The highest BCUT2D eigenvalue weighted by Gasteiger charge is 2.02. The first-order chi connectivity index (χ1) is 6.11. The molecule has 4 heteroatoms. The van der Waals surface area contributed by atoms with Crippen LogP contribution in [0.25, 0.3) is 0 Å². The van der Waals surface area contributed by atoms with Gasteiger partial charge in [0.05, 0.1) is 0 Å². The van der Waals surface area contributed by atoms with Gasteiger partial charge in [0, 0.05) is 19.5 Å². The van der Waals surface area contributed by atoms with Gasteiger partial charge in [0.1, 0.15) is 11.6 Å². The van der Waals surface area contributed by atoms with Crippen LogP contribution in [0.4, 0.5) is 4.39 Å². The average molecular weight is 183 g/mol. The maximum absolute atomic E-state index is 12.8. The summed E-state index contributed by atoms with van der Waals surface area (Å²) in [4.78, 5) is 10.5. The Morgan fingerprint density at radius 1 is 1.54 bits per heavy atom. The number of rotatable bonds is 2. The normalized spacial score (nSPS) is 9.77. The van der Waals surface area contributed by atoms with Crippen molar-refractivity contribution in [1.82, 2.24) is 0 Å². The number of ether oxygens (including phenoxy) is 1. The van der Waals surface area contributed by atoms with E-state index in [9.17, 15) is 9.18 Å². The fourth-order valence-electron chi connectivity index (χ4n) is 0.963. The zero-order valence-electron chi connectivity index (χ0n) is 7.21. The van der Waals surface area contributed by atoms with E-state index < -0.39 is 11.8 Å². The van der Waals surface area contributed by atoms with Gasteiger partial charge < -0.3 is 10.5 Å². The molecule has 3 nitrogen and oxygen atoms in total. The van der Waals surface area contributed by atoms with E-state index >= 15 is 0 Å². The number of benzene rings is 1. The van der Waals surface area contributed by atoms with Crippen molar-refractivity contribution in [1.29, 1.82) is 0 Å². The zero-order chi connectivity index (χ0) is 9.84. The lowest BCUT2D eigenvalue weighted by Crippen LogP contribution is -2.03. The molecule has 0 saturated heterocycles. The van der Waals surface area contributed by atoms with Gasteiger partial charge in [0.25, 0.3) is 0 Å². The lowest BCUT2D eigenvalue weighted by Gasteiger charge is -2.03. The van der Waals surface area contributed by atoms with E-state index in [1.54, 1.807) is 0 Å². The molecule has 0 radical (unpaired) electrons. The van der Waals surface area contributed by atoms with Crippen molar-refractivity contribution in [3.05, 3.63) is 29.6 Å². The van der Waals surface area contributed by atoms with Crippen molar-refractivity contribution in [2.24, 2.45) is 5.73 Å². The van der Waals surface area contributed by atoms with Crippen LogP contribution in [-0.2, 0) is 11.3 Å². The number of carbonyl (C=O) groups excluding carboxylic acids is 1. The largest absolute Gasteiger partial charge is 0.427 e. The van der Waals surface area contributed by atoms with Crippen LogP contribution in [0.1, 0.15) is 12.5 Å². The number of esters is 1. The van der Waals surface area contributed by atoms with Gasteiger partial charge in [0.15, 0.2) is 0 Å². The van der Waals surface area contributed by atoms with Crippen molar-refractivity contribution in [3.8, 4) is 5.75 Å². The molecule has 0 atom stereocenters. The minimum atomic E-state index is -0.478. The molecule has 2 N–H and O–H groups in total. The van der Waals surface area contributed by atoms with Crippen molar-refractivity contribution in [2.45, 2.75) is 13.5 Å². The molecule has 0 aliphatic carbocycles. The quantitative estimate of drug-likeness (QED) is 0.553. The number of hydrogen-bond acceptors (Lipinski definition) is 3. The third-order valence-electron chi connectivity index (χ3n) is 1.43. The molecule has 0 unspecified atom stereocenters. The van der Waals surface area contributed by atoms with E-state index in [2.05, 4.69) is 0 Å². The molecule has 70 valence electrons. The smallest absolute Gasteiger partial charge is 0.308 e. The number of hydrogen-bond donors (Lipinski definition) is 1. The first-order valence-corrected chi connectivity index (χ1v) is 3.80. The van der Waals surface area contributed by atoms with E-state index in [0.717, 1.165) is 6.07 Å². The molecule has 1 rings (SSSR count). The highest BCUT2D eigenvalue weighted by atomic mass is 19.1. The second-order valence-corrected chi connectivity index (χ2v) is 2.59. The molecule has 0 heterocycles. The van der Waals surface area contributed by atoms with Gasteiger partial charge in [-0.1, -0.05) is 0 Å². The average Bonchev–Trinajstić information content (AvgIpc) is 2.01. The first kappa shape index (κ1) is 9.67. The van der Waals surface area contributed by atoms with Gasteiger partial charge in [-0.15, -0.1) is 0 Å². The van der Waals surface area contributed by atoms with Crippen molar-refractivity contribution in [2.75, 3.05) is 0 Å². The lowest BCUT2D eigenvalue weighted by atomic mass is 10.2. The van der Waals surface area contributed by atoms with Gasteiger partial charge in [-0.2, -0.15) is 0 Å². The fourth-order valence-corrected chi connectivity index (χ4v) is 0.963. The number of halogens is 1. The van der Waals surface area contributed by atoms with E-state index in [4.69, 9.17) is 10.5 Å². The second-order valence-electron chi connectivity index (χ2n) is 2.59. The van der Waals surface area contributed by atoms with E-state index in [1.165, 1.54) is 19.1 Å². The Morgan fingerprint density at radius 3 is 2.77 bits per heavy atom. The molecular weight excluding hydrogens is 173 g/mol. The molecule has 0 amide bonds. The predicted molar refractivity (Wildman–Crippen MR) is 45.6 cm³/mol. The second kappa shape index (κ2) is 4.00. The topological polar surface area (TPSA) is 52.3 Å². The number of nitrogens with two attached hydrogens (primary N) is 1. The molecule has 0 aliphatic rings. The van der Waals surface area contributed by atoms with E-state index in [-0.39, 0.29) is 12.3 Å². The summed E-state index contributed by atoms with van der Waals surface area (Å²) >= 11 is 0. The van der Waals surface area contributed by atoms with Gasteiger partial charge >= 0.3 is 5.97 Å². The molecule has 13 heavy (non-hydrogen) atoms. The van der Waals surface area contributed by atoms with Gasteiger partial charge in [-0.25, -0.2) is 4.39 Å². The molecule has 1 aromatic rings. The molecule has 0 spiro atoms. The Bertz CT molecular complexity index is 325. The van der Waals surface area contributed by atoms with Crippen molar-refractivity contribution < 1.29 is 13.9 Å². The molecular formula is C9H10FNO2. The van der Waals surface area contributed by atoms with Crippen LogP contribution in [0, 0.1) is 5.82 Å². The van der Waals surface area contributed by atoms with Crippen LogP contribution < -0.4 is 10.5 Å². The Kier molecular flexibility index (Phi) is 2.97. The molecule has 1 aromatic carbocycles. The summed E-state index contributed by atoms with van der Waals surface area (Å²) < 4.78 is 17.5. The van der Waals surface area contributed by atoms with E-state index in [1.807, 2.05) is 0 Å². The molecule has 0 aromatic heterocycles. The highest BCUT2D eigenvalue weighted by Crippen LogP contribution is 2.16. The monoisotopic (exact) mass is 183 g/mol. The van der Waals surface area contributed by atoms with Gasteiger partial charge in [-0.05, 0) is 17.7 Å². The SMILES string of the molecule is CC(=O)Oc1cc(F)cc(CN)c1. The molecule has 0 bridgehead atoms. The standard InChI is InChI=1S/C9H10FNO2/c1-6(12)13-9-3-7(5-11)2-8(10)4-9/h2-4H,5,11H2,1H3. The number of carbonyl (C=O) groups is 1. The third-order valence-corrected chi connectivity index (χ3v) is 1.43. The summed E-state index contributed by atoms with van der Waals surface area (Å²) in [7, 11) is 0. The first-order valence-electron chi connectivity index (χ1n) is 3.80. The van der Waals surface area contributed by atoms with Gasteiger partial charge in [-0.3, -0.25) is 4.79 Å². The summed E-state index contributed by atoms with van der Waals surface area (Å²) in [5.41, 5.74) is 5.91. The minimum absolute atomic E-state index is 0.188. The summed E-state index contributed by atoms with van der Waals surface area (Å²) in [6, 6.07) is 3.97. The Morgan fingerprint density at radius 2 is 2.23 bits per heavy atom. The minimum Gasteiger partial charge on any atom is -0.427 e. The Balaban J connectivity index is 2.94. The third kappa shape index (κ3) is 2.83. The predicted octanol–water partition coefficient (Wildman–Crippen LogP) is 1.21. The van der Waals surface area contributed by atoms with Crippen LogP contribution in [0.2, 0.25) is 0 Å². The zero-order valence-corrected chi connectivity index (χ0v) is 7.21. The van der Waals surface area contributed by atoms with Crippen LogP contribution >= 0.6 is 0 Å². The van der Waals surface area contributed by atoms with E-state index in [0.29, 0.717) is 5.56 Å². The molecule has 0 fully saturated rings. The maximum atomic E-state index is 12.8. The summed E-state index contributed by atoms with van der Waals surface area (Å²) in [6.07, 6.45) is 0.